The lowest BCUT2D eigenvalue weighted by Gasteiger charge is -2.50. The van der Waals surface area contributed by atoms with Crippen LogP contribution in [-0.4, -0.2) is 29.4 Å². The normalized spacial score (nSPS) is 30.6. The molecule has 0 aliphatic carbocycles. The molecule has 102 valence electrons. The number of halogens is 2. The van der Waals surface area contributed by atoms with Gasteiger partial charge in [0.25, 0.3) is 0 Å². The van der Waals surface area contributed by atoms with Crippen LogP contribution in [0, 0.1) is 5.41 Å². The van der Waals surface area contributed by atoms with Crippen molar-refractivity contribution in [2.24, 2.45) is 5.41 Å². The van der Waals surface area contributed by atoms with E-state index < -0.39 is 17.1 Å². The topological polar surface area (TPSA) is 52.5 Å². The SMILES string of the molecule is CC1(C)CNC[C@H](O)[C@@]1(O)c1ccc(Cl)cc1.Cl. The average molecular weight is 292 g/mol. The van der Waals surface area contributed by atoms with Crippen molar-refractivity contribution < 1.29 is 10.2 Å². The smallest absolute Gasteiger partial charge is 0.123 e. The van der Waals surface area contributed by atoms with Gasteiger partial charge in [-0.25, -0.2) is 0 Å². The zero-order valence-electron chi connectivity index (χ0n) is 10.5. The molecule has 1 aromatic rings. The summed E-state index contributed by atoms with van der Waals surface area (Å²) in [5.74, 6) is 0. The number of nitrogens with one attached hydrogen (secondary N) is 1. The van der Waals surface area contributed by atoms with Crippen LogP contribution in [-0.2, 0) is 5.60 Å². The van der Waals surface area contributed by atoms with Crippen LogP contribution in [0.1, 0.15) is 19.4 Å². The lowest BCUT2D eigenvalue weighted by Crippen LogP contribution is -2.62. The van der Waals surface area contributed by atoms with Gasteiger partial charge >= 0.3 is 0 Å². The first kappa shape index (κ1) is 15.7. The molecular weight excluding hydrogens is 273 g/mol. The fraction of sp³-hybridized carbons (Fsp3) is 0.538. The van der Waals surface area contributed by atoms with E-state index in [9.17, 15) is 10.2 Å². The Labute approximate surface area is 119 Å². The van der Waals surface area contributed by atoms with Crippen LogP contribution in [0.25, 0.3) is 0 Å². The van der Waals surface area contributed by atoms with Crippen molar-refractivity contribution in [1.82, 2.24) is 5.32 Å². The number of rotatable bonds is 1. The summed E-state index contributed by atoms with van der Waals surface area (Å²) in [5.41, 5.74) is -0.984. The molecular formula is C13H19Cl2NO2. The molecule has 3 nitrogen and oxygen atoms in total. The highest BCUT2D eigenvalue weighted by Crippen LogP contribution is 2.44. The first-order valence-electron chi connectivity index (χ1n) is 5.75. The van der Waals surface area contributed by atoms with Gasteiger partial charge < -0.3 is 15.5 Å². The second-order valence-corrected chi connectivity index (χ2v) is 5.74. The Bertz CT molecular complexity index is 408. The van der Waals surface area contributed by atoms with Crippen molar-refractivity contribution in [1.29, 1.82) is 0 Å². The van der Waals surface area contributed by atoms with E-state index >= 15 is 0 Å². The summed E-state index contributed by atoms with van der Waals surface area (Å²) in [6.45, 7) is 4.93. The van der Waals surface area contributed by atoms with Gasteiger partial charge in [0.1, 0.15) is 5.60 Å². The van der Waals surface area contributed by atoms with Crippen molar-refractivity contribution >= 4 is 24.0 Å². The molecule has 1 saturated heterocycles. The van der Waals surface area contributed by atoms with Crippen LogP contribution >= 0.6 is 24.0 Å². The zero-order valence-corrected chi connectivity index (χ0v) is 12.1. The second-order valence-electron chi connectivity index (χ2n) is 5.30. The molecule has 0 unspecified atom stereocenters. The third kappa shape index (κ3) is 2.38. The molecule has 0 spiro atoms. The van der Waals surface area contributed by atoms with Gasteiger partial charge in [-0.15, -0.1) is 12.4 Å². The summed E-state index contributed by atoms with van der Waals surface area (Å²) in [6.07, 6.45) is -0.826. The van der Waals surface area contributed by atoms with E-state index in [-0.39, 0.29) is 12.4 Å². The van der Waals surface area contributed by atoms with Gasteiger partial charge in [0.2, 0.25) is 0 Å². The highest BCUT2D eigenvalue weighted by molar-refractivity contribution is 6.30. The summed E-state index contributed by atoms with van der Waals surface area (Å²) < 4.78 is 0. The Kier molecular flexibility index (Phi) is 4.68. The number of piperidine rings is 1. The van der Waals surface area contributed by atoms with E-state index in [1.165, 1.54) is 0 Å². The predicted octanol–water partition coefficient (Wildman–Crippen LogP) is 1.94. The summed E-state index contributed by atoms with van der Waals surface area (Å²) in [4.78, 5) is 0. The number of aliphatic hydroxyl groups is 2. The van der Waals surface area contributed by atoms with Gasteiger partial charge in [-0.2, -0.15) is 0 Å². The van der Waals surface area contributed by atoms with Gasteiger partial charge in [0, 0.05) is 23.5 Å². The lowest BCUT2D eigenvalue weighted by molar-refractivity contribution is -0.170. The molecule has 5 heteroatoms. The predicted molar refractivity (Wildman–Crippen MR) is 75.3 cm³/mol. The van der Waals surface area contributed by atoms with Crippen LogP contribution in [0.15, 0.2) is 24.3 Å². The largest absolute Gasteiger partial charge is 0.388 e. The minimum absolute atomic E-state index is 0. The van der Waals surface area contributed by atoms with Crippen LogP contribution in [0.3, 0.4) is 0 Å². The number of benzene rings is 1. The third-order valence-electron chi connectivity index (χ3n) is 3.70. The molecule has 0 saturated carbocycles. The lowest BCUT2D eigenvalue weighted by atomic mass is 9.65. The van der Waals surface area contributed by atoms with Crippen molar-refractivity contribution in [3.63, 3.8) is 0 Å². The summed E-state index contributed by atoms with van der Waals surface area (Å²) >= 11 is 5.85. The quantitative estimate of drug-likeness (QED) is 0.741. The fourth-order valence-corrected chi connectivity index (χ4v) is 2.67. The van der Waals surface area contributed by atoms with Crippen LogP contribution in [0.2, 0.25) is 5.02 Å². The van der Waals surface area contributed by atoms with Gasteiger partial charge in [-0.3, -0.25) is 0 Å². The fourth-order valence-electron chi connectivity index (χ4n) is 2.54. The number of hydrogen-bond acceptors (Lipinski definition) is 3. The molecule has 1 heterocycles. The number of hydrogen-bond donors (Lipinski definition) is 3. The molecule has 1 aliphatic rings. The van der Waals surface area contributed by atoms with E-state index in [0.717, 1.165) is 0 Å². The Hall–Kier alpha value is -0.320. The number of β-amino-alcohol motifs (C(OH)–C–C–N with tert-alkyl or cyclic N) is 1. The van der Waals surface area contributed by atoms with Gasteiger partial charge in [0.15, 0.2) is 0 Å². The maximum atomic E-state index is 10.9. The van der Waals surface area contributed by atoms with Gasteiger partial charge in [-0.1, -0.05) is 37.6 Å². The molecule has 0 aromatic heterocycles. The molecule has 18 heavy (non-hydrogen) atoms. The van der Waals surface area contributed by atoms with Gasteiger partial charge in [-0.05, 0) is 17.7 Å². The standard InChI is InChI=1S/C13H18ClNO2.ClH/c1-12(2)8-15-7-11(16)13(12,17)9-3-5-10(14)6-4-9;/h3-6,11,15-17H,7-8H2,1-2H3;1H/t11-,13-;/m0./s1. The molecule has 2 atom stereocenters. The van der Waals surface area contributed by atoms with Crippen LogP contribution in [0.4, 0.5) is 0 Å². The molecule has 1 fully saturated rings. The minimum Gasteiger partial charge on any atom is -0.388 e. The second kappa shape index (κ2) is 5.35. The molecule has 1 aliphatic heterocycles. The first-order chi connectivity index (χ1) is 7.88. The minimum atomic E-state index is -1.25. The van der Waals surface area contributed by atoms with E-state index in [4.69, 9.17) is 11.6 Å². The molecule has 0 bridgehead atoms. The molecule has 0 amide bonds. The maximum absolute atomic E-state index is 10.9. The Morgan fingerprint density at radius 1 is 1.28 bits per heavy atom. The van der Waals surface area contributed by atoms with Crippen molar-refractivity contribution in [2.45, 2.75) is 25.6 Å². The summed E-state index contributed by atoms with van der Waals surface area (Å²) in [5, 5.41) is 24.8. The van der Waals surface area contributed by atoms with Crippen LogP contribution < -0.4 is 5.32 Å². The molecule has 3 N–H and O–H groups in total. The third-order valence-corrected chi connectivity index (χ3v) is 3.95. The first-order valence-corrected chi connectivity index (χ1v) is 6.13. The molecule has 0 radical (unpaired) electrons. The zero-order chi connectivity index (χ0) is 12.7. The Morgan fingerprint density at radius 2 is 1.83 bits per heavy atom. The molecule has 2 rings (SSSR count). The van der Waals surface area contributed by atoms with Crippen molar-refractivity contribution in [3.05, 3.63) is 34.9 Å². The number of aliphatic hydroxyl groups excluding tert-OH is 1. The molecule has 1 aromatic carbocycles. The highest BCUT2D eigenvalue weighted by atomic mass is 35.5. The maximum Gasteiger partial charge on any atom is 0.123 e. The average Bonchev–Trinajstić information content (AvgIpc) is 2.26. The van der Waals surface area contributed by atoms with Gasteiger partial charge in [0.05, 0.1) is 6.10 Å². The van der Waals surface area contributed by atoms with E-state index in [0.29, 0.717) is 23.7 Å². The summed E-state index contributed by atoms with van der Waals surface area (Å²) in [7, 11) is 0. The highest BCUT2D eigenvalue weighted by Gasteiger charge is 2.52. The van der Waals surface area contributed by atoms with Crippen molar-refractivity contribution in [3.8, 4) is 0 Å². The Morgan fingerprint density at radius 3 is 2.33 bits per heavy atom. The summed E-state index contributed by atoms with van der Waals surface area (Å²) in [6, 6.07) is 7.02. The van der Waals surface area contributed by atoms with E-state index in [2.05, 4.69) is 5.32 Å². The monoisotopic (exact) mass is 291 g/mol. The van der Waals surface area contributed by atoms with E-state index in [1.807, 2.05) is 13.8 Å². The van der Waals surface area contributed by atoms with Crippen molar-refractivity contribution in [2.75, 3.05) is 13.1 Å². The van der Waals surface area contributed by atoms with Crippen LogP contribution in [0.5, 0.6) is 0 Å². The van der Waals surface area contributed by atoms with E-state index in [1.54, 1.807) is 24.3 Å². The Balaban J connectivity index is 0.00000162.